The second-order valence-electron chi connectivity index (χ2n) is 2.28. The lowest BCUT2D eigenvalue weighted by Crippen LogP contribution is -1.75. The van der Waals surface area contributed by atoms with Crippen molar-refractivity contribution < 1.29 is 4.79 Å². The van der Waals surface area contributed by atoms with Crippen LogP contribution >= 0.6 is 0 Å². The lowest BCUT2D eigenvalue weighted by Gasteiger charge is -2.01. The second-order valence-corrected chi connectivity index (χ2v) is 2.28. The van der Waals surface area contributed by atoms with E-state index in [9.17, 15) is 4.79 Å². The van der Waals surface area contributed by atoms with Gasteiger partial charge in [-0.25, -0.2) is 4.79 Å². The van der Waals surface area contributed by atoms with Gasteiger partial charge in [-0.2, -0.15) is 4.99 Å². The van der Waals surface area contributed by atoms with E-state index in [0.717, 1.165) is 0 Å². The van der Waals surface area contributed by atoms with Crippen molar-refractivity contribution in [2.75, 3.05) is 0 Å². The smallest absolute Gasteiger partial charge is 0.240 e. The van der Waals surface area contributed by atoms with E-state index in [1.165, 1.54) is 6.08 Å². The van der Waals surface area contributed by atoms with E-state index in [2.05, 4.69) is 23.3 Å². The van der Waals surface area contributed by atoms with Gasteiger partial charge in [0.15, 0.2) is 0 Å². The topological polar surface area (TPSA) is 41.8 Å². The van der Waals surface area contributed by atoms with Gasteiger partial charge in [0.2, 0.25) is 6.08 Å². The molecule has 0 unspecified atom stereocenters. The van der Waals surface area contributed by atoms with Crippen LogP contribution in [0.4, 0.5) is 11.4 Å². The van der Waals surface area contributed by atoms with E-state index in [0.29, 0.717) is 16.9 Å². The monoisotopic (exact) mass is 172 g/mol. The Morgan fingerprint density at radius 3 is 2.62 bits per heavy atom. The molecule has 0 saturated carbocycles. The molecule has 1 rings (SSSR count). The van der Waals surface area contributed by atoms with E-state index in [1.54, 1.807) is 24.3 Å². The number of benzene rings is 1. The minimum absolute atomic E-state index is 0.509. The van der Waals surface area contributed by atoms with Gasteiger partial charge >= 0.3 is 0 Å². The predicted octanol–water partition coefficient (Wildman–Crippen LogP) is 2.63. The molecule has 0 atom stereocenters. The maximum absolute atomic E-state index is 10.1. The summed E-state index contributed by atoms with van der Waals surface area (Å²) in [6.45, 7) is 7.01. The van der Waals surface area contributed by atoms with Crippen LogP contribution in [-0.4, -0.2) is 12.8 Å². The van der Waals surface area contributed by atoms with E-state index in [4.69, 9.17) is 0 Å². The van der Waals surface area contributed by atoms with Crippen molar-refractivity contribution in [3.63, 3.8) is 0 Å². The standard InChI is InChI=1S/C10H8N2O/c1-3-8-9(11-2)5-4-6-10(8)12-7-13/h3-6H,1-2H2. The Hall–Kier alpha value is -1.99. The van der Waals surface area contributed by atoms with E-state index in [1.807, 2.05) is 0 Å². The summed E-state index contributed by atoms with van der Waals surface area (Å²) >= 11 is 0. The lowest BCUT2D eigenvalue weighted by molar-refractivity contribution is 0.565. The molecule has 0 fully saturated rings. The number of hydrogen-bond donors (Lipinski definition) is 0. The second kappa shape index (κ2) is 4.14. The van der Waals surface area contributed by atoms with Gasteiger partial charge in [-0.05, 0) is 18.9 Å². The molecule has 3 heteroatoms. The Morgan fingerprint density at radius 1 is 1.38 bits per heavy atom. The normalized spacial score (nSPS) is 8.62. The maximum atomic E-state index is 10.1. The fourth-order valence-electron chi connectivity index (χ4n) is 1.03. The van der Waals surface area contributed by atoms with Gasteiger partial charge in [0.25, 0.3) is 0 Å². The molecule has 0 amide bonds. The summed E-state index contributed by atoms with van der Waals surface area (Å²) in [5.41, 5.74) is 1.86. The summed E-state index contributed by atoms with van der Waals surface area (Å²) in [6, 6.07) is 5.21. The average molecular weight is 172 g/mol. The molecule has 0 saturated heterocycles. The SMILES string of the molecule is C=Cc1c(N=C)cccc1N=C=O. The lowest BCUT2D eigenvalue weighted by atomic mass is 10.1. The summed E-state index contributed by atoms with van der Waals surface area (Å²) < 4.78 is 0. The molecule has 0 N–H and O–H groups in total. The first-order chi connectivity index (χ1) is 6.33. The molecule has 0 radical (unpaired) electrons. The molecule has 1 aromatic carbocycles. The van der Waals surface area contributed by atoms with Gasteiger partial charge in [0, 0.05) is 5.56 Å². The maximum Gasteiger partial charge on any atom is 0.240 e. The predicted molar refractivity (Wildman–Crippen MR) is 53.5 cm³/mol. The molecular formula is C10H8N2O. The molecule has 1 aromatic rings. The molecule has 0 aliphatic carbocycles. The van der Waals surface area contributed by atoms with Crippen molar-refractivity contribution in [1.29, 1.82) is 0 Å². The Morgan fingerprint density at radius 2 is 2.08 bits per heavy atom. The first kappa shape index (κ1) is 9.10. The van der Waals surface area contributed by atoms with Crippen LogP contribution in [0.1, 0.15) is 5.56 Å². The molecule has 0 spiro atoms. The minimum Gasteiger partial charge on any atom is -0.264 e. The minimum atomic E-state index is 0.509. The van der Waals surface area contributed by atoms with E-state index >= 15 is 0 Å². The van der Waals surface area contributed by atoms with Crippen molar-refractivity contribution in [3.8, 4) is 0 Å². The zero-order valence-corrected chi connectivity index (χ0v) is 7.03. The molecule has 0 bridgehead atoms. The highest BCUT2D eigenvalue weighted by Gasteiger charge is 2.01. The molecule has 0 aliphatic rings. The number of rotatable bonds is 3. The quantitative estimate of drug-likeness (QED) is 0.510. The fourth-order valence-corrected chi connectivity index (χ4v) is 1.03. The van der Waals surface area contributed by atoms with Gasteiger partial charge < -0.3 is 0 Å². The zero-order valence-electron chi connectivity index (χ0n) is 7.03. The number of isocyanates is 1. The first-order valence-electron chi connectivity index (χ1n) is 3.63. The molecule has 0 aliphatic heterocycles. The van der Waals surface area contributed by atoms with Crippen LogP contribution in [0, 0.1) is 0 Å². The van der Waals surface area contributed by atoms with Gasteiger partial charge in [-0.3, -0.25) is 4.99 Å². The highest BCUT2D eigenvalue weighted by Crippen LogP contribution is 2.29. The van der Waals surface area contributed by atoms with Gasteiger partial charge in [-0.1, -0.05) is 18.7 Å². The van der Waals surface area contributed by atoms with Crippen molar-refractivity contribution in [2.45, 2.75) is 0 Å². The van der Waals surface area contributed by atoms with Crippen LogP contribution in [-0.2, 0) is 4.79 Å². The van der Waals surface area contributed by atoms with Gasteiger partial charge in [-0.15, -0.1) is 0 Å². The summed E-state index contributed by atoms with van der Waals surface area (Å²) in [5, 5.41) is 0. The molecule has 64 valence electrons. The largest absolute Gasteiger partial charge is 0.264 e. The van der Waals surface area contributed by atoms with Gasteiger partial charge in [0.05, 0.1) is 11.4 Å². The van der Waals surface area contributed by atoms with Crippen molar-refractivity contribution >= 4 is 30.2 Å². The van der Waals surface area contributed by atoms with Crippen molar-refractivity contribution in [3.05, 3.63) is 30.3 Å². The summed E-state index contributed by atoms with van der Waals surface area (Å²) in [4.78, 5) is 17.4. The van der Waals surface area contributed by atoms with Crippen LogP contribution in [0.2, 0.25) is 0 Å². The number of aliphatic imine (C=N–C) groups is 2. The number of nitrogens with zero attached hydrogens (tertiary/aromatic N) is 2. The summed E-state index contributed by atoms with van der Waals surface area (Å²) in [7, 11) is 0. The highest BCUT2D eigenvalue weighted by molar-refractivity contribution is 5.76. The van der Waals surface area contributed by atoms with Crippen LogP contribution in [0.25, 0.3) is 6.08 Å². The fraction of sp³-hybridized carbons (Fsp3) is 0. The third kappa shape index (κ3) is 1.78. The van der Waals surface area contributed by atoms with Gasteiger partial charge in [0.1, 0.15) is 0 Å². The third-order valence-corrected chi connectivity index (χ3v) is 1.60. The Balaban J connectivity index is 3.42. The van der Waals surface area contributed by atoms with E-state index < -0.39 is 0 Å². The van der Waals surface area contributed by atoms with Crippen LogP contribution in [0.3, 0.4) is 0 Å². The van der Waals surface area contributed by atoms with Crippen LogP contribution in [0.15, 0.2) is 34.8 Å². The number of hydrogen-bond acceptors (Lipinski definition) is 3. The summed E-state index contributed by atoms with van der Waals surface area (Å²) in [6.07, 6.45) is 3.06. The first-order valence-corrected chi connectivity index (χ1v) is 3.63. The van der Waals surface area contributed by atoms with E-state index in [-0.39, 0.29) is 0 Å². The Bertz CT molecular complexity index is 390. The number of carbonyl (C=O) groups excluding carboxylic acids is 1. The van der Waals surface area contributed by atoms with Crippen LogP contribution < -0.4 is 0 Å². The van der Waals surface area contributed by atoms with Crippen molar-refractivity contribution in [1.82, 2.24) is 0 Å². The zero-order chi connectivity index (χ0) is 9.68. The highest BCUT2D eigenvalue weighted by atomic mass is 16.1. The molecule has 13 heavy (non-hydrogen) atoms. The van der Waals surface area contributed by atoms with Crippen molar-refractivity contribution in [2.24, 2.45) is 9.98 Å². The molecular weight excluding hydrogens is 164 g/mol. The average Bonchev–Trinajstić information content (AvgIpc) is 2.18. The summed E-state index contributed by atoms with van der Waals surface area (Å²) in [5.74, 6) is 0. The third-order valence-electron chi connectivity index (χ3n) is 1.60. The Kier molecular flexibility index (Phi) is 2.90. The van der Waals surface area contributed by atoms with Crippen LogP contribution in [0.5, 0.6) is 0 Å². The molecule has 0 heterocycles. The molecule has 3 nitrogen and oxygen atoms in total. The molecule has 0 aromatic heterocycles. The Labute approximate surface area is 76.2 Å².